The van der Waals surface area contributed by atoms with Gasteiger partial charge in [-0.05, 0) is 43.0 Å². The number of anilines is 1. The summed E-state index contributed by atoms with van der Waals surface area (Å²) in [4.78, 5) is 12.5. The van der Waals surface area contributed by atoms with Crippen LogP contribution in [-0.2, 0) is 11.4 Å². The fourth-order valence-electron chi connectivity index (χ4n) is 2.08. The van der Waals surface area contributed by atoms with Gasteiger partial charge < -0.3 is 27.2 Å². The van der Waals surface area contributed by atoms with Gasteiger partial charge in [0, 0.05) is 18.3 Å². The maximum absolute atomic E-state index is 12.5. The van der Waals surface area contributed by atoms with E-state index >= 15 is 0 Å². The summed E-state index contributed by atoms with van der Waals surface area (Å²) in [5, 5.41) is 15.2. The Morgan fingerprint density at radius 2 is 1.91 bits per heavy atom. The predicted octanol–water partition coefficient (Wildman–Crippen LogP) is 0.798. The highest BCUT2D eigenvalue weighted by Crippen LogP contribution is 2.11. The van der Waals surface area contributed by atoms with E-state index in [1.165, 1.54) is 0 Å². The van der Waals surface area contributed by atoms with Gasteiger partial charge in [0.05, 0.1) is 12.6 Å². The van der Waals surface area contributed by atoms with Gasteiger partial charge in [-0.1, -0.05) is 26.0 Å². The van der Waals surface area contributed by atoms with Gasteiger partial charge in [-0.15, -0.1) is 0 Å². The zero-order valence-electron chi connectivity index (χ0n) is 14.1. The third-order valence-electron chi connectivity index (χ3n) is 3.87. The molecule has 2 atom stereocenters. The van der Waals surface area contributed by atoms with E-state index < -0.39 is 0 Å². The SMILES string of the molecule is CC(C)C(N)CNC(CCCN)C(=O)Nc1ccc(CO)cc1. The number of amides is 1. The molecule has 7 N–H and O–H groups in total. The van der Waals surface area contributed by atoms with Crippen LogP contribution in [0.1, 0.15) is 32.3 Å². The van der Waals surface area contributed by atoms with Crippen LogP contribution in [-0.4, -0.2) is 36.2 Å². The second kappa shape index (κ2) is 10.3. The lowest BCUT2D eigenvalue weighted by molar-refractivity contribution is -0.118. The Morgan fingerprint density at radius 1 is 1.26 bits per heavy atom. The summed E-state index contributed by atoms with van der Waals surface area (Å²) in [5.74, 6) is 0.262. The highest BCUT2D eigenvalue weighted by atomic mass is 16.3. The molecule has 0 heterocycles. The second-order valence-corrected chi connectivity index (χ2v) is 6.14. The van der Waals surface area contributed by atoms with Gasteiger partial charge in [0.1, 0.15) is 0 Å². The largest absolute Gasteiger partial charge is 0.392 e. The first kappa shape index (κ1) is 19.6. The van der Waals surface area contributed by atoms with Crippen LogP contribution < -0.4 is 22.1 Å². The highest BCUT2D eigenvalue weighted by molar-refractivity contribution is 5.94. The normalized spacial score (nSPS) is 13.8. The van der Waals surface area contributed by atoms with Crippen LogP contribution in [0.15, 0.2) is 24.3 Å². The molecule has 1 amide bonds. The van der Waals surface area contributed by atoms with Crippen molar-refractivity contribution in [3.05, 3.63) is 29.8 Å². The molecule has 0 aliphatic heterocycles. The molecular formula is C17H30N4O2. The summed E-state index contributed by atoms with van der Waals surface area (Å²) < 4.78 is 0. The molecule has 0 radical (unpaired) electrons. The van der Waals surface area contributed by atoms with Crippen molar-refractivity contribution < 1.29 is 9.90 Å². The van der Waals surface area contributed by atoms with E-state index in [1.807, 2.05) is 0 Å². The van der Waals surface area contributed by atoms with Crippen molar-refractivity contribution in [2.75, 3.05) is 18.4 Å². The first-order valence-electron chi connectivity index (χ1n) is 8.17. The lowest BCUT2D eigenvalue weighted by atomic mass is 10.0. The number of carbonyl (C=O) groups excluding carboxylic acids is 1. The number of benzene rings is 1. The number of aliphatic hydroxyl groups is 1. The number of nitrogens with two attached hydrogens (primary N) is 2. The first-order chi connectivity index (χ1) is 11.0. The molecule has 2 unspecified atom stereocenters. The second-order valence-electron chi connectivity index (χ2n) is 6.14. The molecule has 1 aromatic carbocycles. The summed E-state index contributed by atoms with van der Waals surface area (Å²) in [5.41, 5.74) is 13.1. The standard InChI is InChI=1S/C17H30N4O2/c1-12(2)15(19)10-20-16(4-3-9-18)17(23)21-14-7-5-13(11-22)6-8-14/h5-8,12,15-16,20,22H,3-4,9-11,18-19H2,1-2H3,(H,21,23). The lowest BCUT2D eigenvalue weighted by Crippen LogP contribution is -2.47. The van der Waals surface area contributed by atoms with Crippen LogP contribution in [0.2, 0.25) is 0 Å². The molecule has 0 aromatic heterocycles. The molecule has 130 valence electrons. The zero-order valence-corrected chi connectivity index (χ0v) is 14.1. The third-order valence-corrected chi connectivity index (χ3v) is 3.87. The summed E-state index contributed by atoms with van der Waals surface area (Å²) in [7, 11) is 0. The maximum atomic E-state index is 12.5. The van der Waals surface area contributed by atoms with Gasteiger partial charge in [-0.25, -0.2) is 0 Å². The lowest BCUT2D eigenvalue weighted by Gasteiger charge is -2.22. The minimum absolute atomic E-state index is 0.00649. The van der Waals surface area contributed by atoms with Gasteiger partial charge in [0.2, 0.25) is 5.91 Å². The topological polar surface area (TPSA) is 113 Å². The molecule has 23 heavy (non-hydrogen) atoms. The van der Waals surface area contributed by atoms with Crippen molar-refractivity contribution in [2.24, 2.45) is 17.4 Å². The Morgan fingerprint density at radius 3 is 2.43 bits per heavy atom. The van der Waals surface area contributed by atoms with Crippen molar-refractivity contribution in [2.45, 2.75) is 45.4 Å². The van der Waals surface area contributed by atoms with Crippen LogP contribution in [0, 0.1) is 5.92 Å². The van der Waals surface area contributed by atoms with Gasteiger partial charge in [0.15, 0.2) is 0 Å². The number of nitrogens with one attached hydrogen (secondary N) is 2. The molecule has 1 rings (SSSR count). The van der Waals surface area contributed by atoms with E-state index in [9.17, 15) is 4.79 Å². The molecule has 0 aliphatic carbocycles. The minimum Gasteiger partial charge on any atom is -0.392 e. The van der Waals surface area contributed by atoms with E-state index in [0.29, 0.717) is 31.1 Å². The van der Waals surface area contributed by atoms with Crippen LogP contribution in [0.5, 0.6) is 0 Å². The average Bonchev–Trinajstić information content (AvgIpc) is 2.55. The highest BCUT2D eigenvalue weighted by Gasteiger charge is 2.19. The van der Waals surface area contributed by atoms with Gasteiger partial charge in [-0.2, -0.15) is 0 Å². The van der Waals surface area contributed by atoms with E-state index in [-0.39, 0.29) is 24.6 Å². The molecule has 0 saturated carbocycles. The summed E-state index contributed by atoms with van der Waals surface area (Å²) in [6.45, 7) is 5.24. The van der Waals surface area contributed by atoms with Crippen LogP contribution >= 0.6 is 0 Å². The Balaban J connectivity index is 2.62. The molecule has 0 bridgehead atoms. The van der Waals surface area contributed by atoms with Crippen molar-refractivity contribution in [1.29, 1.82) is 0 Å². The average molecular weight is 322 g/mol. The molecule has 1 aromatic rings. The summed E-state index contributed by atoms with van der Waals surface area (Å²) in [6, 6.07) is 6.82. The zero-order chi connectivity index (χ0) is 17.2. The van der Waals surface area contributed by atoms with E-state index in [4.69, 9.17) is 16.6 Å². The molecule has 0 aliphatic rings. The van der Waals surface area contributed by atoms with Crippen molar-refractivity contribution in [1.82, 2.24) is 5.32 Å². The third kappa shape index (κ3) is 7.09. The Kier molecular flexibility index (Phi) is 8.79. The van der Waals surface area contributed by atoms with Crippen molar-refractivity contribution in [3.63, 3.8) is 0 Å². The molecule has 0 fully saturated rings. The Hall–Kier alpha value is -1.47. The summed E-state index contributed by atoms with van der Waals surface area (Å²) >= 11 is 0. The van der Waals surface area contributed by atoms with Crippen LogP contribution in [0.4, 0.5) is 5.69 Å². The van der Waals surface area contributed by atoms with Crippen molar-refractivity contribution in [3.8, 4) is 0 Å². The fraction of sp³-hybridized carbons (Fsp3) is 0.588. The van der Waals surface area contributed by atoms with Gasteiger partial charge in [-0.3, -0.25) is 4.79 Å². The number of hydrogen-bond acceptors (Lipinski definition) is 5. The fourth-order valence-corrected chi connectivity index (χ4v) is 2.08. The summed E-state index contributed by atoms with van der Waals surface area (Å²) in [6.07, 6.45) is 1.44. The van der Waals surface area contributed by atoms with E-state index in [0.717, 1.165) is 12.0 Å². The quantitative estimate of drug-likeness (QED) is 0.437. The van der Waals surface area contributed by atoms with Crippen LogP contribution in [0.25, 0.3) is 0 Å². The number of hydrogen-bond donors (Lipinski definition) is 5. The number of aliphatic hydroxyl groups excluding tert-OH is 1. The minimum atomic E-state index is -0.319. The predicted molar refractivity (Wildman–Crippen MR) is 93.9 cm³/mol. The van der Waals surface area contributed by atoms with Gasteiger partial charge in [0.25, 0.3) is 0 Å². The van der Waals surface area contributed by atoms with E-state index in [1.54, 1.807) is 24.3 Å². The molecule has 0 saturated heterocycles. The molecule has 0 spiro atoms. The van der Waals surface area contributed by atoms with Crippen molar-refractivity contribution >= 4 is 11.6 Å². The number of rotatable bonds is 10. The van der Waals surface area contributed by atoms with E-state index in [2.05, 4.69) is 24.5 Å². The molecule has 6 nitrogen and oxygen atoms in total. The first-order valence-corrected chi connectivity index (χ1v) is 8.17. The van der Waals surface area contributed by atoms with Crippen LogP contribution in [0.3, 0.4) is 0 Å². The number of carbonyl (C=O) groups is 1. The maximum Gasteiger partial charge on any atom is 0.241 e. The van der Waals surface area contributed by atoms with Gasteiger partial charge >= 0.3 is 0 Å². The monoisotopic (exact) mass is 322 g/mol. The Bertz CT molecular complexity index is 462. The molecule has 6 heteroatoms. The Labute approximate surface area is 138 Å². The smallest absolute Gasteiger partial charge is 0.241 e. The molecular weight excluding hydrogens is 292 g/mol.